The molecule has 0 spiro atoms. The van der Waals surface area contributed by atoms with Gasteiger partial charge in [-0.1, -0.05) is 17.7 Å². The van der Waals surface area contributed by atoms with Crippen molar-refractivity contribution in [2.75, 3.05) is 19.0 Å². The zero-order valence-electron chi connectivity index (χ0n) is 22.1. The molecule has 3 aliphatic rings. The van der Waals surface area contributed by atoms with Crippen LogP contribution in [0.3, 0.4) is 0 Å². The Morgan fingerprint density at radius 1 is 1.07 bits per heavy atom. The molecule has 2 aromatic carbocycles. The van der Waals surface area contributed by atoms with Crippen LogP contribution in [0.2, 0.25) is 0 Å². The lowest BCUT2D eigenvalue weighted by Crippen LogP contribution is -2.48. The summed E-state index contributed by atoms with van der Waals surface area (Å²) in [4.78, 5) is 27.2. The van der Waals surface area contributed by atoms with E-state index in [1.165, 1.54) is 7.11 Å². The van der Waals surface area contributed by atoms with E-state index in [-0.39, 0.29) is 24.1 Å². The van der Waals surface area contributed by atoms with Gasteiger partial charge in [0.2, 0.25) is 5.91 Å². The molecule has 3 fully saturated rings. The SMILES string of the molecule is COc1ccc(CCCO)cc1C(=O)N[C@@H]1C2CCC(/C2=C/C2CC2)[C@@H]1C(=O)Nc1ccc(F)c(C(F)(F)F)c1. The first-order valence-electron chi connectivity index (χ1n) is 13.6. The third kappa shape index (κ3) is 5.73. The highest BCUT2D eigenvalue weighted by molar-refractivity contribution is 5.99. The number of aryl methyl sites for hydroxylation is 1. The molecule has 3 aliphatic carbocycles. The molecule has 214 valence electrons. The number of hydrogen-bond acceptors (Lipinski definition) is 4. The quantitative estimate of drug-likeness (QED) is 0.279. The van der Waals surface area contributed by atoms with Crippen molar-refractivity contribution in [2.45, 2.75) is 50.7 Å². The van der Waals surface area contributed by atoms with E-state index in [0.717, 1.165) is 42.9 Å². The zero-order chi connectivity index (χ0) is 28.6. The predicted octanol–water partition coefficient (Wildman–Crippen LogP) is 5.51. The van der Waals surface area contributed by atoms with Gasteiger partial charge in [-0.25, -0.2) is 4.39 Å². The number of anilines is 1. The zero-order valence-corrected chi connectivity index (χ0v) is 22.1. The average molecular weight is 561 g/mol. The van der Waals surface area contributed by atoms with Gasteiger partial charge in [-0.15, -0.1) is 0 Å². The first-order chi connectivity index (χ1) is 19.1. The smallest absolute Gasteiger partial charge is 0.419 e. The highest BCUT2D eigenvalue weighted by Gasteiger charge is 2.55. The Kier molecular flexibility index (Phi) is 7.90. The number of halogens is 4. The molecule has 10 heteroatoms. The molecule has 3 N–H and O–H groups in total. The average Bonchev–Trinajstić information content (AvgIpc) is 3.60. The fraction of sp³-hybridized carbons (Fsp3) is 0.467. The molecule has 0 aromatic heterocycles. The van der Waals surface area contributed by atoms with E-state index in [9.17, 15) is 32.3 Å². The molecule has 40 heavy (non-hydrogen) atoms. The third-order valence-corrected chi connectivity index (χ3v) is 8.22. The monoisotopic (exact) mass is 560 g/mol. The Bertz CT molecular complexity index is 1320. The number of carbonyl (C=O) groups is 2. The maximum absolute atomic E-state index is 13.8. The summed E-state index contributed by atoms with van der Waals surface area (Å²) in [5.41, 5.74) is 0.684. The summed E-state index contributed by atoms with van der Waals surface area (Å²) >= 11 is 0. The number of hydrogen-bond donors (Lipinski definition) is 3. The van der Waals surface area contributed by atoms with Crippen LogP contribution < -0.4 is 15.4 Å². The van der Waals surface area contributed by atoms with Crippen molar-refractivity contribution in [3.63, 3.8) is 0 Å². The molecule has 2 amide bonds. The van der Waals surface area contributed by atoms with Crippen molar-refractivity contribution in [1.82, 2.24) is 5.32 Å². The molecular formula is C30H32F4N2O4. The van der Waals surface area contributed by atoms with Gasteiger partial charge in [-0.3, -0.25) is 9.59 Å². The minimum Gasteiger partial charge on any atom is -0.496 e. The Labute approximate surface area is 229 Å². The molecule has 2 aromatic rings. The number of rotatable bonds is 9. The molecule has 0 heterocycles. The lowest BCUT2D eigenvalue weighted by atomic mass is 9.83. The second-order valence-corrected chi connectivity index (χ2v) is 10.9. The number of allylic oxidation sites excluding steroid dienone is 1. The summed E-state index contributed by atoms with van der Waals surface area (Å²) < 4.78 is 59.0. The van der Waals surface area contributed by atoms with Crippen LogP contribution in [-0.2, 0) is 17.4 Å². The summed E-state index contributed by atoms with van der Waals surface area (Å²) in [6.45, 7) is 0.0180. The molecule has 4 atom stereocenters. The molecule has 5 rings (SSSR count). The number of alkyl halides is 3. The van der Waals surface area contributed by atoms with Crippen LogP contribution in [0.25, 0.3) is 0 Å². The first-order valence-corrected chi connectivity index (χ1v) is 13.6. The van der Waals surface area contributed by atoms with Gasteiger partial charge in [0.1, 0.15) is 11.6 Å². The number of benzene rings is 2. The van der Waals surface area contributed by atoms with Crippen molar-refractivity contribution < 1.29 is 37.0 Å². The van der Waals surface area contributed by atoms with E-state index >= 15 is 0 Å². The summed E-state index contributed by atoms with van der Waals surface area (Å²) in [5.74, 6) is -2.42. The molecule has 2 unspecified atom stereocenters. The van der Waals surface area contributed by atoms with Gasteiger partial charge < -0.3 is 20.5 Å². The summed E-state index contributed by atoms with van der Waals surface area (Å²) in [6, 6.07) is 7.05. The highest BCUT2D eigenvalue weighted by Crippen LogP contribution is 2.54. The topological polar surface area (TPSA) is 87.7 Å². The summed E-state index contributed by atoms with van der Waals surface area (Å²) in [5, 5.41) is 14.8. The van der Waals surface area contributed by atoms with E-state index in [4.69, 9.17) is 4.74 Å². The van der Waals surface area contributed by atoms with E-state index in [2.05, 4.69) is 16.7 Å². The normalized spacial score (nSPS) is 24.8. The Balaban J connectivity index is 1.42. The largest absolute Gasteiger partial charge is 0.496 e. The Morgan fingerprint density at radius 2 is 1.82 bits per heavy atom. The molecule has 3 saturated carbocycles. The lowest BCUT2D eigenvalue weighted by molar-refractivity contribution is -0.140. The van der Waals surface area contributed by atoms with E-state index in [1.54, 1.807) is 12.1 Å². The number of aliphatic hydroxyl groups is 1. The number of fused-ring (bicyclic) bond motifs is 2. The van der Waals surface area contributed by atoms with Crippen LogP contribution in [0.4, 0.5) is 23.2 Å². The van der Waals surface area contributed by atoms with Crippen LogP contribution >= 0.6 is 0 Å². The Morgan fingerprint density at radius 3 is 2.50 bits per heavy atom. The van der Waals surface area contributed by atoms with Gasteiger partial charge in [0, 0.05) is 24.3 Å². The lowest BCUT2D eigenvalue weighted by Gasteiger charge is -2.30. The molecule has 6 nitrogen and oxygen atoms in total. The van der Waals surface area contributed by atoms with Crippen LogP contribution in [0.15, 0.2) is 48.0 Å². The van der Waals surface area contributed by atoms with Crippen molar-refractivity contribution in [3.8, 4) is 5.75 Å². The Hall–Kier alpha value is -3.40. The number of nitrogens with one attached hydrogen (secondary N) is 2. The van der Waals surface area contributed by atoms with E-state index in [1.807, 2.05) is 6.07 Å². The van der Waals surface area contributed by atoms with Crippen LogP contribution in [0.1, 0.15) is 53.6 Å². The fourth-order valence-electron chi connectivity index (χ4n) is 6.21. The van der Waals surface area contributed by atoms with Crippen LogP contribution in [-0.4, -0.2) is 36.7 Å². The van der Waals surface area contributed by atoms with Crippen molar-refractivity contribution >= 4 is 17.5 Å². The van der Waals surface area contributed by atoms with Gasteiger partial charge in [0.15, 0.2) is 0 Å². The number of carbonyl (C=O) groups excluding carboxylic acids is 2. The highest BCUT2D eigenvalue weighted by atomic mass is 19.4. The number of amides is 2. The van der Waals surface area contributed by atoms with Gasteiger partial charge in [-0.2, -0.15) is 13.2 Å². The van der Waals surface area contributed by atoms with Crippen LogP contribution in [0.5, 0.6) is 5.75 Å². The number of methoxy groups -OCH3 is 1. The van der Waals surface area contributed by atoms with Gasteiger partial charge in [-0.05, 0) is 86.3 Å². The summed E-state index contributed by atoms with van der Waals surface area (Å²) in [6.07, 6.45) is 2.10. The van der Waals surface area contributed by atoms with Crippen LogP contribution in [0, 0.1) is 29.5 Å². The van der Waals surface area contributed by atoms with Gasteiger partial charge in [0.05, 0.1) is 24.2 Å². The second kappa shape index (κ2) is 11.2. The molecule has 2 bridgehead atoms. The number of aliphatic hydroxyl groups excluding tert-OH is 1. The maximum Gasteiger partial charge on any atom is 0.419 e. The van der Waals surface area contributed by atoms with E-state index in [0.29, 0.717) is 42.2 Å². The second-order valence-electron chi connectivity index (χ2n) is 10.9. The first kappa shape index (κ1) is 28.1. The van der Waals surface area contributed by atoms with Crippen molar-refractivity contribution in [3.05, 3.63) is 70.6 Å². The summed E-state index contributed by atoms with van der Waals surface area (Å²) in [7, 11) is 1.46. The molecule has 0 aliphatic heterocycles. The van der Waals surface area contributed by atoms with Crippen molar-refractivity contribution in [1.29, 1.82) is 0 Å². The standard InChI is InChI=1S/C30H32F4N2O4/c1-40-25-11-6-16(3-2-12-37)14-22(25)28(38)36-27-20-9-8-19(21(20)13-17-4-5-17)26(27)29(39)35-18-7-10-24(31)23(15-18)30(32,33)34/h6-7,10-11,13-15,17,19-20,26-27,37H,2-5,8-9,12H2,1H3,(H,35,39)(H,36,38)/b21-13-/t19?,20?,26-,27+/m0/s1. The van der Waals surface area contributed by atoms with Gasteiger partial charge >= 0.3 is 6.18 Å². The van der Waals surface area contributed by atoms with Gasteiger partial charge in [0.25, 0.3) is 5.91 Å². The maximum atomic E-state index is 13.8. The van der Waals surface area contributed by atoms with Crippen molar-refractivity contribution in [2.24, 2.45) is 23.7 Å². The predicted molar refractivity (Wildman–Crippen MR) is 140 cm³/mol. The number of ether oxygens (including phenoxy) is 1. The molecule has 0 radical (unpaired) electrons. The minimum absolute atomic E-state index is 0.0180. The molecule has 0 saturated heterocycles. The third-order valence-electron chi connectivity index (χ3n) is 8.22. The fourth-order valence-corrected chi connectivity index (χ4v) is 6.21. The molecular weight excluding hydrogens is 528 g/mol. The van der Waals surface area contributed by atoms with E-state index < -0.39 is 41.3 Å². The minimum atomic E-state index is -4.90.